The van der Waals surface area contributed by atoms with Gasteiger partial charge in [0, 0.05) is 19.7 Å². The second kappa shape index (κ2) is 6.79. The maximum absolute atomic E-state index is 12.3. The van der Waals surface area contributed by atoms with Crippen molar-refractivity contribution in [3.63, 3.8) is 0 Å². The highest BCUT2D eigenvalue weighted by molar-refractivity contribution is 5.81. The Labute approximate surface area is 131 Å². The number of carbonyl (C=O) groups is 1. The standard InChI is InChI=1S/C16H25N3O3/c1-3-12-4-5-14(22-12)16(20)18-11-6-7-21-15(8-11)13-9-17-10-19(13)2/h9-12,14-15H,3-8H2,1-2H3,(H,18,20)/t11-,12+,14+,15-/m0/s1. The molecule has 0 bridgehead atoms. The van der Waals surface area contributed by atoms with E-state index in [-0.39, 0.29) is 30.3 Å². The monoisotopic (exact) mass is 307 g/mol. The topological polar surface area (TPSA) is 65.4 Å². The molecule has 1 aromatic heterocycles. The van der Waals surface area contributed by atoms with E-state index >= 15 is 0 Å². The maximum Gasteiger partial charge on any atom is 0.249 e. The van der Waals surface area contributed by atoms with E-state index in [0.717, 1.165) is 37.8 Å². The van der Waals surface area contributed by atoms with Crippen LogP contribution in [0.4, 0.5) is 0 Å². The molecule has 0 spiro atoms. The third kappa shape index (κ3) is 3.33. The number of hydrogen-bond donors (Lipinski definition) is 1. The highest BCUT2D eigenvalue weighted by Crippen LogP contribution is 2.28. The van der Waals surface area contributed by atoms with Crippen LogP contribution in [-0.4, -0.2) is 40.3 Å². The van der Waals surface area contributed by atoms with E-state index in [1.54, 1.807) is 6.33 Å². The van der Waals surface area contributed by atoms with Crippen molar-refractivity contribution in [2.24, 2.45) is 7.05 Å². The number of amides is 1. The molecule has 0 unspecified atom stereocenters. The number of carbonyl (C=O) groups excluding carboxylic acids is 1. The lowest BCUT2D eigenvalue weighted by Gasteiger charge is -2.30. The van der Waals surface area contributed by atoms with Crippen LogP contribution in [0.15, 0.2) is 12.5 Å². The maximum atomic E-state index is 12.3. The number of hydrogen-bond acceptors (Lipinski definition) is 4. The molecule has 122 valence electrons. The molecule has 22 heavy (non-hydrogen) atoms. The van der Waals surface area contributed by atoms with Crippen LogP contribution in [0.5, 0.6) is 0 Å². The Balaban J connectivity index is 1.54. The van der Waals surface area contributed by atoms with E-state index in [1.165, 1.54) is 0 Å². The van der Waals surface area contributed by atoms with Gasteiger partial charge >= 0.3 is 0 Å². The van der Waals surface area contributed by atoms with Crippen LogP contribution in [0.2, 0.25) is 0 Å². The molecule has 0 aliphatic carbocycles. The quantitative estimate of drug-likeness (QED) is 0.920. The number of aryl methyl sites for hydroxylation is 1. The molecule has 0 radical (unpaired) electrons. The molecule has 3 heterocycles. The fourth-order valence-corrected chi connectivity index (χ4v) is 3.30. The average molecular weight is 307 g/mol. The van der Waals surface area contributed by atoms with E-state index in [2.05, 4.69) is 17.2 Å². The van der Waals surface area contributed by atoms with Gasteiger partial charge in [0.2, 0.25) is 5.91 Å². The van der Waals surface area contributed by atoms with Crippen molar-refractivity contribution < 1.29 is 14.3 Å². The first-order chi connectivity index (χ1) is 10.7. The fraction of sp³-hybridized carbons (Fsp3) is 0.750. The summed E-state index contributed by atoms with van der Waals surface area (Å²) in [6.45, 7) is 2.76. The van der Waals surface area contributed by atoms with Gasteiger partial charge in [-0.15, -0.1) is 0 Å². The smallest absolute Gasteiger partial charge is 0.249 e. The van der Waals surface area contributed by atoms with Crippen molar-refractivity contribution in [2.75, 3.05) is 6.61 Å². The predicted molar refractivity (Wildman–Crippen MR) is 81.3 cm³/mol. The normalized spacial score (nSPS) is 32.1. The summed E-state index contributed by atoms with van der Waals surface area (Å²) in [5.41, 5.74) is 1.06. The zero-order valence-electron chi connectivity index (χ0n) is 13.3. The number of nitrogens with zero attached hydrogens (tertiary/aromatic N) is 2. The zero-order chi connectivity index (χ0) is 15.5. The van der Waals surface area contributed by atoms with Crippen molar-refractivity contribution in [3.05, 3.63) is 18.2 Å². The third-order valence-corrected chi connectivity index (χ3v) is 4.67. The summed E-state index contributed by atoms with van der Waals surface area (Å²) in [4.78, 5) is 16.5. The molecule has 4 atom stereocenters. The highest BCUT2D eigenvalue weighted by Gasteiger charge is 2.32. The molecule has 0 saturated carbocycles. The van der Waals surface area contributed by atoms with Gasteiger partial charge in [0.15, 0.2) is 0 Å². The van der Waals surface area contributed by atoms with Crippen molar-refractivity contribution in [2.45, 2.75) is 63.4 Å². The molecule has 2 saturated heterocycles. The Morgan fingerprint density at radius 2 is 2.32 bits per heavy atom. The summed E-state index contributed by atoms with van der Waals surface area (Å²) in [6, 6.07) is 0.144. The largest absolute Gasteiger partial charge is 0.372 e. The van der Waals surface area contributed by atoms with Gasteiger partial charge in [-0.3, -0.25) is 4.79 Å². The summed E-state index contributed by atoms with van der Waals surface area (Å²) in [5, 5.41) is 3.14. The molecule has 6 nitrogen and oxygen atoms in total. The minimum absolute atomic E-state index is 0.000522. The number of rotatable bonds is 4. The second-order valence-electron chi connectivity index (χ2n) is 6.25. The van der Waals surface area contributed by atoms with E-state index in [0.29, 0.717) is 6.61 Å². The Kier molecular flexibility index (Phi) is 4.78. The lowest BCUT2D eigenvalue weighted by molar-refractivity contribution is -0.134. The summed E-state index contributed by atoms with van der Waals surface area (Å²) in [6.07, 6.45) is 8.01. The highest BCUT2D eigenvalue weighted by atomic mass is 16.5. The van der Waals surface area contributed by atoms with Crippen molar-refractivity contribution in [1.29, 1.82) is 0 Å². The molecule has 2 fully saturated rings. The number of ether oxygens (including phenoxy) is 2. The second-order valence-corrected chi connectivity index (χ2v) is 6.25. The molecule has 3 rings (SSSR count). The summed E-state index contributed by atoms with van der Waals surface area (Å²) in [5.74, 6) is 0.0339. The number of nitrogens with one attached hydrogen (secondary N) is 1. The molecule has 2 aliphatic heterocycles. The molecule has 6 heteroatoms. The first-order valence-corrected chi connectivity index (χ1v) is 8.21. The SMILES string of the molecule is CC[C@@H]1CC[C@H](C(=O)N[C@H]2CCO[C@H](c3cncn3C)C2)O1. The Morgan fingerprint density at radius 1 is 1.45 bits per heavy atom. The van der Waals surface area contributed by atoms with E-state index in [4.69, 9.17) is 9.47 Å². The minimum atomic E-state index is -0.275. The van der Waals surface area contributed by atoms with E-state index < -0.39 is 0 Å². The Hall–Kier alpha value is -1.40. The number of aromatic nitrogens is 2. The molecule has 1 N–H and O–H groups in total. The van der Waals surface area contributed by atoms with Gasteiger partial charge in [0.25, 0.3) is 0 Å². The van der Waals surface area contributed by atoms with Crippen molar-refractivity contribution >= 4 is 5.91 Å². The van der Waals surface area contributed by atoms with Gasteiger partial charge < -0.3 is 19.4 Å². The van der Waals surface area contributed by atoms with E-state index in [1.807, 2.05) is 17.8 Å². The molecule has 2 aliphatic rings. The van der Waals surface area contributed by atoms with Gasteiger partial charge in [-0.1, -0.05) is 6.92 Å². The third-order valence-electron chi connectivity index (χ3n) is 4.67. The van der Waals surface area contributed by atoms with Gasteiger partial charge in [0.1, 0.15) is 12.2 Å². The van der Waals surface area contributed by atoms with Crippen molar-refractivity contribution in [1.82, 2.24) is 14.9 Å². The molecule has 1 amide bonds. The van der Waals surface area contributed by atoms with Gasteiger partial charge in [-0.05, 0) is 32.1 Å². The molecule has 1 aromatic rings. The van der Waals surface area contributed by atoms with E-state index in [9.17, 15) is 4.79 Å². The van der Waals surface area contributed by atoms with Crippen LogP contribution < -0.4 is 5.32 Å². The van der Waals surface area contributed by atoms with Crippen LogP contribution >= 0.6 is 0 Å². The molecular formula is C16H25N3O3. The lowest BCUT2D eigenvalue weighted by atomic mass is 10.0. The van der Waals surface area contributed by atoms with Crippen LogP contribution in [0.3, 0.4) is 0 Å². The van der Waals surface area contributed by atoms with Gasteiger partial charge in [-0.25, -0.2) is 4.98 Å². The Morgan fingerprint density at radius 3 is 3.00 bits per heavy atom. The summed E-state index contributed by atoms with van der Waals surface area (Å²) in [7, 11) is 1.96. The Bertz CT molecular complexity index is 516. The van der Waals surface area contributed by atoms with Crippen LogP contribution in [0.25, 0.3) is 0 Å². The molecular weight excluding hydrogens is 282 g/mol. The minimum Gasteiger partial charge on any atom is -0.372 e. The van der Waals surface area contributed by atoms with Crippen LogP contribution in [0, 0.1) is 0 Å². The van der Waals surface area contributed by atoms with Gasteiger partial charge in [0.05, 0.1) is 24.3 Å². The van der Waals surface area contributed by atoms with Crippen LogP contribution in [0.1, 0.15) is 50.8 Å². The predicted octanol–water partition coefficient (Wildman–Crippen LogP) is 1.71. The van der Waals surface area contributed by atoms with Gasteiger partial charge in [-0.2, -0.15) is 0 Å². The average Bonchev–Trinajstić information content (AvgIpc) is 3.16. The first-order valence-electron chi connectivity index (χ1n) is 8.21. The molecule has 0 aromatic carbocycles. The van der Waals surface area contributed by atoms with Crippen molar-refractivity contribution in [3.8, 4) is 0 Å². The number of imidazole rings is 1. The lowest BCUT2D eigenvalue weighted by Crippen LogP contribution is -2.44. The zero-order valence-corrected chi connectivity index (χ0v) is 13.3. The summed E-state index contributed by atoms with van der Waals surface area (Å²) >= 11 is 0. The van der Waals surface area contributed by atoms with Crippen LogP contribution in [-0.2, 0) is 21.3 Å². The first kappa shape index (κ1) is 15.5. The summed E-state index contributed by atoms with van der Waals surface area (Å²) < 4.78 is 13.6. The fourth-order valence-electron chi connectivity index (χ4n) is 3.30.